The number of carbonyl (C=O) groups excluding carboxylic acids is 2. The fourth-order valence-electron chi connectivity index (χ4n) is 8.00. The van der Waals surface area contributed by atoms with E-state index < -0.39 is 0 Å². The van der Waals surface area contributed by atoms with E-state index in [1.165, 1.54) is 50.5 Å². The number of ketones is 1. The molecule has 0 aliphatic heterocycles. The molecule has 0 heterocycles. The predicted molar refractivity (Wildman–Crippen MR) is 125 cm³/mol. The molecule has 0 radical (unpaired) electrons. The second kappa shape index (κ2) is 9.79. The Balaban J connectivity index is 1.35. The number of ether oxygens (including phenoxy) is 1. The van der Waals surface area contributed by atoms with Crippen LogP contribution in [0.4, 0.5) is 0 Å². The first kappa shape index (κ1) is 23.1. The monoisotopic (exact) mass is 428 g/mol. The number of unbranched alkanes of at least 4 members (excludes halogenated alkanes) is 5. The highest BCUT2D eigenvalue weighted by atomic mass is 16.5. The van der Waals surface area contributed by atoms with Gasteiger partial charge in [-0.05, 0) is 80.6 Å². The summed E-state index contributed by atoms with van der Waals surface area (Å²) in [5.74, 6) is 3.80. The van der Waals surface area contributed by atoms with Gasteiger partial charge in [-0.15, -0.1) is 0 Å². The molecule has 0 bridgehead atoms. The van der Waals surface area contributed by atoms with Crippen molar-refractivity contribution in [1.29, 1.82) is 0 Å². The first-order valence-electron chi connectivity index (χ1n) is 13.4. The summed E-state index contributed by atoms with van der Waals surface area (Å²) >= 11 is 0. The van der Waals surface area contributed by atoms with Gasteiger partial charge in [0.2, 0.25) is 0 Å². The van der Waals surface area contributed by atoms with Gasteiger partial charge in [0, 0.05) is 18.3 Å². The molecule has 4 rings (SSSR count). The van der Waals surface area contributed by atoms with Crippen LogP contribution in [0, 0.1) is 35.0 Å². The molecule has 4 aliphatic rings. The summed E-state index contributed by atoms with van der Waals surface area (Å²) in [5.41, 5.74) is 1.60. The second-order valence-corrected chi connectivity index (χ2v) is 11.5. The Morgan fingerprint density at radius 3 is 2.68 bits per heavy atom. The van der Waals surface area contributed by atoms with E-state index >= 15 is 0 Å². The molecule has 0 aromatic heterocycles. The Hall–Kier alpha value is -1.12. The Kier molecular flexibility index (Phi) is 7.28. The molecule has 0 saturated heterocycles. The minimum Gasteiger partial charge on any atom is -0.462 e. The fourth-order valence-corrected chi connectivity index (χ4v) is 8.00. The topological polar surface area (TPSA) is 43.4 Å². The van der Waals surface area contributed by atoms with Crippen LogP contribution in [0.2, 0.25) is 0 Å². The Morgan fingerprint density at radius 1 is 1.10 bits per heavy atom. The first-order valence-corrected chi connectivity index (χ1v) is 13.4. The molecule has 31 heavy (non-hydrogen) atoms. The van der Waals surface area contributed by atoms with Crippen molar-refractivity contribution in [1.82, 2.24) is 0 Å². The smallest absolute Gasteiger partial charge is 0.306 e. The highest BCUT2D eigenvalue weighted by Gasteiger charge is 2.58. The van der Waals surface area contributed by atoms with Crippen LogP contribution >= 0.6 is 0 Å². The van der Waals surface area contributed by atoms with Crippen molar-refractivity contribution in [3.8, 4) is 0 Å². The maximum Gasteiger partial charge on any atom is 0.306 e. The molecule has 3 saturated carbocycles. The van der Waals surface area contributed by atoms with E-state index in [0.717, 1.165) is 50.4 Å². The van der Waals surface area contributed by atoms with Crippen LogP contribution in [0.1, 0.15) is 111 Å². The molecule has 7 atom stereocenters. The molecule has 0 aromatic rings. The molecule has 0 N–H and O–H groups in total. The highest BCUT2D eigenvalue weighted by Crippen LogP contribution is 2.63. The zero-order valence-electron chi connectivity index (χ0n) is 20.2. The van der Waals surface area contributed by atoms with Gasteiger partial charge in [-0.25, -0.2) is 0 Å². The van der Waals surface area contributed by atoms with Crippen molar-refractivity contribution in [3.05, 3.63) is 11.6 Å². The summed E-state index contributed by atoms with van der Waals surface area (Å²) in [7, 11) is 0. The van der Waals surface area contributed by atoms with E-state index in [9.17, 15) is 9.59 Å². The SMILES string of the molecule is CCCCCCCCC(=O)O[C@H]1CC[C@H]2[C@H]3[C@H](CC[C@]12C)[C@H]1CCC(=O)C=C1C[C@H]3C. The first-order chi connectivity index (χ1) is 14.9. The second-order valence-electron chi connectivity index (χ2n) is 11.5. The quantitative estimate of drug-likeness (QED) is 0.308. The molecular weight excluding hydrogens is 384 g/mol. The number of carbonyl (C=O) groups is 2. The van der Waals surface area contributed by atoms with Crippen LogP contribution in [0.5, 0.6) is 0 Å². The van der Waals surface area contributed by atoms with Crippen LogP contribution in [-0.2, 0) is 14.3 Å². The van der Waals surface area contributed by atoms with E-state index in [1.54, 1.807) is 0 Å². The number of hydrogen-bond acceptors (Lipinski definition) is 3. The maximum atomic E-state index is 12.6. The normalized spacial score (nSPS) is 39.3. The van der Waals surface area contributed by atoms with Gasteiger partial charge in [0.05, 0.1) is 0 Å². The Labute approximate surface area is 189 Å². The van der Waals surface area contributed by atoms with Gasteiger partial charge >= 0.3 is 5.97 Å². The van der Waals surface area contributed by atoms with Crippen LogP contribution in [0.15, 0.2) is 11.6 Å². The highest BCUT2D eigenvalue weighted by molar-refractivity contribution is 5.91. The predicted octanol–water partition coefficient (Wildman–Crippen LogP) is 7.04. The number of rotatable bonds is 8. The van der Waals surface area contributed by atoms with Gasteiger partial charge in [0.15, 0.2) is 5.78 Å². The van der Waals surface area contributed by atoms with Crippen LogP contribution in [-0.4, -0.2) is 17.9 Å². The van der Waals surface area contributed by atoms with Gasteiger partial charge in [-0.2, -0.15) is 0 Å². The van der Waals surface area contributed by atoms with Crippen LogP contribution < -0.4 is 0 Å². The van der Waals surface area contributed by atoms with E-state index in [2.05, 4.69) is 20.8 Å². The summed E-state index contributed by atoms with van der Waals surface area (Å²) in [5, 5.41) is 0. The van der Waals surface area contributed by atoms with Crippen molar-refractivity contribution in [2.75, 3.05) is 0 Å². The zero-order valence-corrected chi connectivity index (χ0v) is 20.2. The lowest BCUT2D eigenvalue weighted by Gasteiger charge is -2.55. The largest absolute Gasteiger partial charge is 0.462 e. The summed E-state index contributed by atoms with van der Waals surface area (Å²) in [6, 6.07) is 0. The molecule has 0 amide bonds. The van der Waals surface area contributed by atoms with Crippen molar-refractivity contribution in [2.24, 2.45) is 35.0 Å². The van der Waals surface area contributed by atoms with Crippen LogP contribution in [0.25, 0.3) is 0 Å². The van der Waals surface area contributed by atoms with E-state index in [-0.39, 0.29) is 17.5 Å². The van der Waals surface area contributed by atoms with Crippen molar-refractivity contribution in [2.45, 2.75) is 117 Å². The van der Waals surface area contributed by atoms with Gasteiger partial charge in [-0.3, -0.25) is 9.59 Å². The van der Waals surface area contributed by atoms with Gasteiger partial charge < -0.3 is 4.74 Å². The standard InChI is InChI=1S/C28H44O3/c1-4-5-6-7-8-9-10-26(30)31-25-14-13-24-27-19(2)17-20-18-21(29)11-12-22(20)23(27)15-16-28(24,25)3/h18-19,22-25,27H,4-17H2,1-3H3/t19-,22+,23-,24+,25+,27-,28+/m1/s1. The number of hydrogen-bond donors (Lipinski definition) is 0. The lowest BCUT2D eigenvalue weighted by molar-refractivity contribution is -0.159. The lowest BCUT2D eigenvalue weighted by atomic mass is 9.49. The van der Waals surface area contributed by atoms with Gasteiger partial charge in [0.1, 0.15) is 6.10 Å². The molecule has 3 fully saturated rings. The van der Waals surface area contributed by atoms with Gasteiger partial charge in [-0.1, -0.05) is 58.4 Å². The number of esters is 1. The third-order valence-electron chi connectivity index (χ3n) is 9.56. The zero-order chi connectivity index (χ0) is 22.0. The van der Waals surface area contributed by atoms with E-state index in [0.29, 0.717) is 30.0 Å². The minimum absolute atomic E-state index is 0.0391. The molecule has 0 spiro atoms. The summed E-state index contributed by atoms with van der Waals surface area (Å²) in [6.45, 7) is 7.07. The average molecular weight is 429 g/mol. The third-order valence-corrected chi connectivity index (χ3v) is 9.56. The van der Waals surface area contributed by atoms with Crippen molar-refractivity contribution < 1.29 is 14.3 Å². The molecule has 174 valence electrons. The fraction of sp³-hybridized carbons (Fsp3) is 0.857. The Morgan fingerprint density at radius 2 is 1.87 bits per heavy atom. The van der Waals surface area contributed by atoms with Crippen molar-refractivity contribution in [3.63, 3.8) is 0 Å². The van der Waals surface area contributed by atoms with Crippen LogP contribution in [0.3, 0.4) is 0 Å². The Bertz CT molecular complexity index is 694. The van der Waals surface area contributed by atoms with Crippen molar-refractivity contribution >= 4 is 11.8 Å². The minimum atomic E-state index is 0.0391. The molecule has 3 nitrogen and oxygen atoms in total. The lowest BCUT2D eigenvalue weighted by Crippen LogP contribution is -2.50. The number of fused-ring (bicyclic) bond motifs is 5. The average Bonchev–Trinajstić information content (AvgIpc) is 3.06. The summed E-state index contributed by atoms with van der Waals surface area (Å²) in [4.78, 5) is 24.6. The summed E-state index contributed by atoms with van der Waals surface area (Å²) < 4.78 is 6.15. The van der Waals surface area contributed by atoms with E-state index in [1.807, 2.05) is 6.08 Å². The maximum absolute atomic E-state index is 12.6. The number of allylic oxidation sites excluding steroid dienone is 1. The third kappa shape index (κ3) is 4.67. The molecule has 3 heteroatoms. The molecule has 0 unspecified atom stereocenters. The van der Waals surface area contributed by atoms with Gasteiger partial charge in [0.25, 0.3) is 0 Å². The van der Waals surface area contributed by atoms with E-state index in [4.69, 9.17) is 4.74 Å². The summed E-state index contributed by atoms with van der Waals surface area (Å²) in [6.07, 6.45) is 17.5. The molecule has 0 aromatic carbocycles. The molecule has 4 aliphatic carbocycles. The molecular formula is C28H44O3.